The third-order valence-corrected chi connectivity index (χ3v) is 5.01. The summed E-state index contributed by atoms with van der Waals surface area (Å²) in [5.41, 5.74) is 3.42. The van der Waals surface area contributed by atoms with Crippen LogP contribution in [0, 0.1) is 24.0 Å². The number of methoxy groups -OCH3 is 1. The molecule has 2 aromatic carbocycles. The molecule has 29 heavy (non-hydrogen) atoms. The van der Waals surface area contributed by atoms with Crippen molar-refractivity contribution in [2.45, 2.75) is 19.8 Å². The van der Waals surface area contributed by atoms with Gasteiger partial charge in [-0.2, -0.15) is 4.98 Å². The molecule has 0 unspecified atom stereocenters. The van der Waals surface area contributed by atoms with Gasteiger partial charge in [0.05, 0.1) is 12.3 Å². The highest BCUT2D eigenvalue weighted by atomic mass is 19.1. The molecule has 152 valence electrons. The van der Waals surface area contributed by atoms with Gasteiger partial charge in [-0.05, 0) is 55.7 Å². The average molecular weight is 399 g/mol. The average Bonchev–Trinajstić information content (AvgIpc) is 3.26. The Morgan fingerprint density at radius 2 is 1.79 bits per heavy atom. The highest BCUT2D eigenvalue weighted by Crippen LogP contribution is 2.45. The lowest BCUT2D eigenvalue weighted by Gasteiger charge is -2.17. The highest BCUT2D eigenvalue weighted by Gasteiger charge is 2.42. The molecule has 6 nitrogen and oxygen atoms in total. The Morgan fingerprint density at radius 1 is 1.07 bits per heavy atom. The van der Waals surface area contributed by atoms with E-state index in [1.807, 2.05) is 19.1 Å². The van der Waals surface area contributed by atoms with Gasteiger partial charge in [-0.25, -0.2) is 13.5 Å². The minimum absolute atomic E-state index is 0.243. The summed E-state index contributed by atoms with van der Waals surface area (Å²) >= 11 is 0. The van der Waals surface area contributed by atoms with Gasteiger partial charge in [0.25, 0.3) is 0 Å². The molecular weight excluding hydrogens is 376 g/mol. The topological polar surface area (TPSA) is 64.0 Å². The Balaban J connectivity index is 1.47. The number of hydrogen-bond acceptors (Lipinski definition) is 5. The third-order valence-electron chi connectivity index (χ3n) is 5.01. The van der Waals surface area contributed by atoms with Crippen LogP contribution >= 0.6 is 0 Å². The number of aryl methyl sites for hydroxylation is 1. The first-order valence-electron chi connectivity index (χ1n) is 9.44. The van der Waals surface area contributed by atoms with Crippen molar-refractivity contribution in [3.63, 3.8) is 0 Å². The maximum atomic E-state index is 13.4. The minimum atomic E-state index is -0.665. The first-order valence-corrected chi connectivity index (χ1v) is 9.44. The lowest BCUT2D eigenvalue weighted by molar-refractivity contribution is 0.147. The molecule has 0 bridgehead atoms. The van der Waals surface area contributed by atoms with Crippen LogP contribution in [-0.4, -0.2) is 35.0 Å². The van der Waals surface area contributed by atoms with Crippen molar-refractivity contribution in [2.75, 3.05) is 30.9 Å². The molecule has 0 atom stereocenters. The Morgan fingerprint density at radius 3 is 2.48 bits per heavy atom. The van der Waals surface area contributed by atoms with E-state index in [1.54, 1.807) is 7.11 Å². The van der Waals surface area contributed by atoms with Crippen LogP contribution in [0.15, 0.2) is 42.7 Å². The number of aromatic nitrogens is 3. The lowest BCUT2D eigenvalue weighted by Crippen LogP contribution is -2.20. The van der Waals surface area contributed by atoms with Crippen molar-refractivity contribution in [1.29, 1.82) is 0 Å². The fraction of sp³-hybridized carbons (Fsp3) is 0.333. The summed E-state index contributed by atoms with van der Waals surface area (Å²) in [4.78, 5) is 4.19. The maximum Gasteiger partial charge on any atom is 0.246 e. The molecule has 0 amide bonds. The first kappa shape index (κ1) is 19.3. The van der Waals surface area contributed by atoms with Gasteiger partial charge >= 0.3 is 0 Å². The molecular formula is C21H23F2N5O. The second-order valence-electron chi connectivity index (χ2n) is 7.64. The zero-order valence-electron chi connectivity index (χ0n) is 16.4. The van der Waals surface area contributed by atoms with Crippen LogP contribution < -0.4 is 10.6 Å². The monoisotopic (exact) mass is 399 g/mol. The number of halogens is 2. The summed E-state index contributed by atoms with van der Waals surface area (Å²) in [6.45, 7) is 3.64. The highest BCUT2D eigenvalue weighted by molar-refractivity contribution is 5.63. The zero-order chi connectivity index (χ0) is 20.4. The van der Waals surface area contributed by atoms with Crippen LogP contribution in [0.1, 0.15) is 18.4 Å². The van der Waals surface area contributed by atoms with Gasteiger partial charge in [0.15, 0.2) is 0 Å². The number of anilines is 3. The fourth-order valence-electron chi connectivity index (χ4n) is 3.35. The molecule has 1 aliphatic carbocycles. The summed E-state index contributed by atoms with van der Waals surface area (Å²) in [5, 5.41) is 10.9. The van der Waals surface area contributed by atoms with Crippen molar-refractivity contribution >= 4 is 17.3 Å². The molecule has 1 fully saturated rings. The smallest absolute Gasteiger partial charge is 0.246 e. The molecule has 3 aromatic rings. The van der Waals surface area contributed by atoms with E-state index in [0.29, 0.717) is 5.95 Å². The summed E-state index contributed by atoms with van der Waals surface area (Å²) in [6.07, 6.45) is 3.76. The van der Waals surface area contributed by atoms with Crippen molar-refractivity contribution in [2.24, 2.45) is 5.41 Å². The summed E-state index contributed by atoms with van der Waals surface area (Å²) < 4.78 is 33.5. The predicted octanol–water partition coefficient (Wildman–Crippen LogP) is 4.44. The normalized spacial score (nSPS) is 14.6. The second-order valence-corrected chi connectivity index (χ2v) is 7.64. The number of rotatable bonds is 8. The van der Waals surface area contributed by atoms with Crippen LogP contribution in [0.3, 0.4) is 0 Å². The first-order chi connectivity index (χ1) is 13.9. The maximum absolute atomic E-state index is 13.4. The third kappa shape index (κ3) is 4.71. The van der Waals surface area contributed by atoms with Crippen LogP contribution in [-0.2, 0) is 4.74 Å². The number of nitrogens with zero attached hydrogens (tertiary/aromatic N) is 3. The van der Waals surface area contributed by atoms with Gasteiger partial charge in [0.2, 0.25) is 5.95 Å². The van der Waals surface area contributed by atoms with E-state index >= 15 is 0 Å². The predicted molar refractivity (Wildman–Crippen MR) is 108 cm³/mol. The molecule has 8 heteroatoms. The Bertz CT molecular complexity index is 996. The van der Waals surface area contributed by atoms with Gasteiger partial charge in [-0.15, -0.1) is 5.10 Å². The zero-order valence-corrected chi connectivity index (χ0v) is 16.4. The lowest BCUT2D eigenvalue weighted by atomic mass is 10.1. The molecule has 1 aliphatic rings. The number of hydrogen-bond donors (Lipinski definition) is 2. The van der Waals surface area contributed by atoms with E-state index in [9.17, 15) is 8.78 Å². The van der Waals surface area contributed by atoms with E-state index in [4.69, 9.17) is 4.74 Å². The molecule has 1 heterocycles. The largest absolute Gasteiger partial charge is 0.384 e. The van der Waals surface area contributed by atoms with Gasteiger partial charge < -0.3 is 15.4 Å². The summed E-state index contributed by atoms with van der Waals surface area (Å²) in [7, 11) is 1.74. The van der Waals surface area contributed by atoms with Crippen LogP contribution in [0.25, 0.3) is 5.69 Å². The molecule has 0 aliphatic heterocycles. The van der Waals surface area contributed by atoms with E-state index in [1.165, 1.54) is 36.0 Å². The molecule has 0 saturated heterocycles. The Labute approximate surface area is 167 Å². The van der Waals surface area contributed by atoms with E-state index in [0.717, 1.165) is 36.2 Å². The van der Waals surface area contributed by atoms with Crippen molar-refractivity contribution in [3.05, 3.63) is 59.9 Å². The van der Waals surface area contributed by atoms with E-state index < -0.39 is 11.6 Å². The fourth-order valence-corrected chi connectivity index (χ4v) is 3.35. The van der Waals surface area contributed by atoms with Crippen molar-refractivity contribution in [3.8, 4) is 5.69 Å². The molecule has 0 radical (unpaired) electrons. The summed E-state index contributed by atoms with van der Waals surface area (Å²) in [6, 6.07) is 9.26. The molecule has 4 rings (SSSR count). The SMILES string of the molecule is COCC1(CNc2cc(C)cc(Nc3ncn(-c4cc(F)cc(F)c4)n3)c2)CC1. The molecule has 2 N–H and O–H groups in total. The molecule has 0 spiro atoms. The number of nitrogens with one attached hydrogen (secondary N) is 2. The van der Waals surface area contributed by atoms with E-state index in [-0.39, 0.29) is 11.1 Å². The van der Waals surface area contributed by atoms with Crippen LogP contribution in [0.2, 0.25) is 0 Å². The van der Waals surface area contributed by atoms with Crippen LogP contribution in [0.5, 0.6) is 0 Å². The second kappa shape index (κ2) is 7.79. The van der Waals surface area contributed by atoms with Crippen molar-refractivity contribution < 1.29 is 13.5 Å². The van der Waals surface area contributed by atoms with Gasteiger partial charge in [0, 0.05) is 36.5 Å². The quantitative estimate of drug-likeness (QED) is 0.586. The van der Waals surface area contributed by atoms with Gasteiger partial charge in [0.1, 0.15) is 18.0 Å². The Kier molecular flexibility index (Phi) is 5.19. The van der Waals surface area contributed by atoms with Crippen molar-refractivity contribution in [1.82, 2.24) is 14.8 Å². The van der Waals surface area contributed by atoms with Gasteiger partial charge in [-0.3, -0.25) is 0 Å². The number of benzene rings is 2. The standard InChI is InChI=1S/C21H23F2N5O/c1-14-5-17(24-11-21(3-4-21)12-29-2)10-18(6-14)26-20-25-13-28(27-20)19-8-15(22)7-16(23)9-19/h5-10,13,24H,3-4,11-12H2,1-2H3,(H,26,27). The number of ether oxygens (including phenoxy) is 1. The van der Waals surface area contributed by atoms with E-state index in [2.05, 4.69) is 26.8 Å². The van der Waals surface area contributed by atoms with Gasteiger partial charge in [-0.1, -0.05) is 0 Å². The minimum Gasteiger partial charge on any atom is -0.384 e. The Hall–Kier alpha value is -3.00. The van der Waals surface area contributed by atoms with Crippen LogP contribution in [0.4, 0.5) is 26.1 Å². The summed E-state index contributed by atoms with van der Waals surface area (Å²) in [5.74, 6) is -0.994. The molecule has 1 aromatic heterocycles. The molecule has 1 saturated carbocycles.